The molecule has 1 fully saturated rings. The van der Waals surface area contributed by atoms with Gasteiger partial charge in [0.1, 0.15) is 12.0 Å². The van der Waals surface area contributed by atoms with Crippen molar-refractivity contribution in [3.8, 4) is 0 Å². The largest absolute Gasteiger partial charge is 0.468 e. The smallest absolute Gasteiger partial charge is 0.319 e. The van der Waals surface area contributed by atoms with Gasteiger partial charge in [0.15, 0.2) is 5.78 Å². The summed E-state index contributed by atoms with van der Waals surface area (Å²) in [6.07, 6.45) is 5.02. The quantitative estimate of drug-likeness (QED) is 0.448. The van der Waals surface area contributed by atoms with E-state index in [1.54, 1.807) is 0 Å². The third-order valence-electron chi connectivity index (χ3n) is 4.34. The van der Waals surface area contributed by atoms with Gasteiger partial charge < -0.3 is 9.47 Å². The molecular weight excluding hydrogens is 260 g/mol. The summed E-state index contributed by atoms with van der Waals surface area (Å²) in [6.45, 7) is 1.61. The highest BCUT2D eigenvalue weighted by molar-refractivity contribution is 6.05. The van der Waals surface area contributed by atoms with Crippen molar-refractivity contribution in [2.75, 3.05) is 13.7 Å². The summed E-state index contributed by atoms with van der Waals surface area (Å²) in [4.78, 5) is 35.3. The molecule has 5 nitrogen and oxygen atoms in total. The average molecular weight is 280 g/mol. The molecule has 0 heterocycles. The lowest BCUT2D eigenvalue weighted by Crippen LogP contribution is -2.49. The zero-order valence-electron chi connectivity index (χ0n) is 11.9. The summed E-state index contributed by atoms with van der Waals surface area (Å²) >= 11 is 0. The highest BCUT2D eigenvalue weighted by Gasteiger charge is 2.54. The van der Waals surface area contributed by atoms with E-state index >= 15 is 0 Å². The first kappa shape index (κ1) is 14.8. The first-order valence-corrected chi connectivity index (χ1v) is 6.95. The molecular formula is C15H20O5. The Morgan fingerprint density at radius 2 is 2.15 bits per heavy atom. The molecule has 2 atom stereocenters. The Balaban J connectivity index is 2.24. The molecule has 0 aromatic carbocycles. The molecule has 1 saturated carbocycles. The number of Topliss-reactive ketones (excluding diaryl/α,β-unsaturated/α-hetero) is 1. The standard InChI is InChI=1S/C15H20O5/c1-10(16)20-9-11-6-7-15(14(18)19-2)12(8-11)4-3-5-13(15)17/h8,12H,3-7,9H2,1-2H3/t12-,15-/m1/s1. The van der Waals surface area contributed by atoms with E-state index in [4.69, 9.17) is 9.47 Å². The second-order valence-corrected chi connectivity index (χ2v) is 5.49. The number of hydrogen-bond acceptors (Lipinski definition) is 5. The van der Waals surface area contributed by atoms with E-state index in [2.05, 4.69) is 0 Å². The minimum absolute atomic E-state index is 0.0108. The molecule has 0 aromatic rings. The number of methoxy groups -OCH3 is 1. The normalized spacial score (nSPS) is 29.2. The maximum absolute atomic E-state index is 12.3. The Kier molecular flexibility index (Phi) is 4.26. The van der Waals surface area contributed by atoms with Crippen LogP contribution in [0.3, 0.4) is 0 Å². The molecule has 2 aliphatic rings. The molecule has 0 radical (unpaired) electrons. The number of carbonyl (C=O) groups is 3. The van der Waals surface area contributed by atoms with Gasteiger partial charge in [-0.3, -0.25) is 14.4 Å². The lowest BCUT2D eigenvalue weighted by atomic mass is 9.60. The summed E-state index contributed by atoms with van der Waals surface area (Å²) in [5.74, 6) is -0.885. The lowest BCUT2D eigenvalue weighted by Gasteiger charge is -2.42. The zero-order valence-corrected chi connectivity index (χ0v) is 11.9. The fourth-order valence-corrected chi connectivity index (χ4v) is 3.30. The van der Waals surface area contributed by atoms with Crippen molar-refractivity contribution in [2.45, 2.75) is 39.0 Å². The monoisotopic (exact) mass is 280 g/mol. The van der Waals surface area contributed by atoms with Crippen molar-refractivity contribution >= 4 is 17.7 Å². The molecule has 0 saturated heterocycles. The number of esters is 2. The van der Waals surface area contributed by atoms with E-state index in [0.717, 1.165) is 18.4 Å². The van der Waals surface area contributed by atoms with Gasteiger partial charge >= 0.3 is 11.9 Å². The molecule has 2 aliphatic carbocycles. The zero-order chi connectivity index (χ0) is 14.8. The Hall–Kier alpha value is -1.65. The first-order chi connectivity index (χ1) is 9.50. The number of ether oxygens (including phenoxy) is 2. The van der Waals surface area contributed by atoms with Crippen LogP contribution in [-0.4, -0.2) is 31.4 Å². The minimum Gasteiger partial charge on any atom is -0.468 e. The van der Waals surface area contributed by atoms with Crippen molar-refractivity contribution in [1.82, 2.24) is 0 Å². The van der Waals surface area contributed by atoms with Gasteiger partial charge in [-0.25, -0.2) is 0 Å². The van der Waals surface area contributed by atoms with E-state index in [0.29, 0.717) is 19.3 Å². The maximum atomic E-state index is 12.3. The van der Waals surface area contributed by atoms with Gasteiger partial charge in [0.05, 0.1) is 7.11 Å². The van der Waals surface area contributed by atoms with Gasteiger partial charge in [0.2, 0.25) is 0 Å². The van der Waals surface area contributed by atoms with E-state index in [1.807, 2.05) is 6.08 Å². The molecule has 0 amide bonds. The van der Waals surface area contributed by atoms with Crippen LogP contribution >= 0.6 is 0 Å². The van der Waals surface area contributed by atoms with E-state index < -0.39 is 11.4 Å². The number of hydrogen-bond donors (Lipinski definition) is 0. The topological polar surface area (TPSA) is 69.7 Å². The van der Waals surface area contributed by atoms with Crippen molar-refractivity contribution in [3.63, 3.8) is 0 Å². The predicted octanol–water partition coefficient (Wildman–Crippen LogP) is 1.80. The first-order valence-electron chi connectivity index (χ1n) is 6.95. The molecule has 5 heteroatoms. The number of allylic oxidation sites excluding steroid dienone is 1. The van der Waals surface area contributed by atoms with E-state index in [1.165, 1.54) is 14.0 Å². The summed E-state index contributed by atoms with van der Waals surface area (Å²) in [5.41, 5.74) is -0.0216. The van der Waals surface area contributed by atoms with Crippen molar-refractivity contribution in [1.29, 1.82) is 0 Å². The highest BCUT2D eigenvalue weighted by atomic mass is 16.5. The van der Waals surface area contributed by atoms with Crippen molar-refractivity contribution in [2.24, 2.45) is 11.3 Å². The fraction of sp³-hybridized carbons (Fsp3) is 0.667. The molecule has 20 heavy (non-hydrogen) atoms. The number of ketones is 1. The molecule has 0 aromatic heterocycles. The Bertz CT molecular complexity index is 455. The third-order valence-corrected chi connectivity index (χ3v) is 4.34. The van der Waals surface area contributed by atoms with Crippen molar-refractivity contribution in [3.05, 3.63) is 11.6 Å². The van der Waals surface area contributed by atoms with Crippen LogP contribution in [0.5, 0.6) is 0 Å². The summed E-state index contributed by atoms with van der Waals surface area (Å²) in [7, 11) is 1.33. The molecule has 0 spiro atoms. The minimum atomic E-state index is -1.01. The number of rotatable bonds is 3. The van der Waals surface area contributed by atoms with Crippen LogP contribution in [0.2, 0.25) is 0 Å². The molecule has 0 bridgehead atoms. The Morgan fingerprint density at radius 1 is 1.40 bits per heavy atom. The number of fused-ring (bicyclic) bond motifs is 1. The van der Waals surface area contributed by atoms with Crippen LogP contribution in [0.25, 0.3) is 0 Å². The van der Waals surface area contributed by atoms with Gasteiger partial charge in [-0.15, -0.1) is 0 Å². The van der Waals surface area contributed by atoms with Crippen molar-refractivity contribution < 1.29 is 23.9 Å². The van der Waals surface area contributed by atoms with Crippen LogP contribution in [0.4, 0.5) is 0 Å². The molecule has 0 aliphatic heterocycles. The summed E-state index contributed by atoms with van der Waals surface area (Å²) in [5, 5.41) is 0. The van der Waals surface area contributed by atoms with Gasteiger partial charge in [0.25, 0.3) is 0 Å². The maximum Gasteiger partial charge on any atom is 0.319 e. The third kappa shape index (κ3) is 2.49. The fourth-order valence-electron chi connectivity index (χ4n) is 3.30. The van der Waals surface area contributed by atoms with E-state index in [-0.39, 0.29) is 24.3 Å². The molecule has 0 N–H and O–H groups in total. The van der Waals surface area contributed by atoms with Gasteiger partial charge in [-0.2, -0.15) is 0 Å². The van der Waals surface area contributed by atoms with Crippen LogP contribution in [-0.2, 0) is 23.9 Å². The lowest BCUT2D eigenvalue weighted by molar-refractivity contribution is -0.164. The molecule has 0 unspecified atom stereocenters. The van der Waals surface area contributed by atoms with E-state index in [9.17, 15) is 14.4 Å². The molecule has 2 rings (SSSR count). The Morgan fingerprint density at radius 3 is 2.80 bits per heavy atom. The number of carbonyl (C=O) groups excluding carboxylic acids is 3. The Labute approximate surface area is 118 Å². The second kappa shape index (κ2) is 5.77. The van der Waals surface area contributed by atoms with Gasteiger partial charge in [0, 0.05) is 19.3 Å². The van der Waals surface area contributed by atoms with Crippen LogP contribution in [0.15, 0.2) is 11.6 Å². The highest BCUT2D eigenvalue weighted by Crippen LogP contribution is 2.48. The summed E-state index contributed by atoms with van der Waals surface area (Å²) < 4.78 is 9.88. The average Bonchev–Trinajstić information content (AvgIpc) is 2.44. The second-order valence-electron chi connectivity index (χ2n) is 5.49. The predicted molar refractivity (Wildman–Crippen MR) is 70.7 cm³/mol. The van der Waals surface area contributed by atoms with Crippen LogP contribution in [0.1, 0.15) is 39.0 Å². The van der Waals surface area contributed by atoms with Crippen LogP contribution < -0.4 is 0 Å². The van der Waals surface area contributed by atoms with Gasteiger partial charge in [-0.05, 0) is 31.3 Å². The molecule has 110 valence electrons. The SMILES string of the molecule is COC(=O)[C@]12CCC(COC(C)=O)=C[C@H]1CCCC2=O. The summed E-state index contributed by atoms with van der Waals surface area (Å²) in [6, 6.07) is 0. The van der Waals surface area contributed by atoms with Gasteiger partial charge in [-0.1, -0.05) is 6.08 Å². The van der Waals surface area contributed by atoms with Crippen LogP contribution in [0, 0.1) is 11.3 Å².